The number of nitrogens with zero attached hydrogens (tertiary/aromatic N) is 1. The average molecular weight is 443 g/mol. The van der Waals surface area contributed by atoms with Gasteiger partial charge in [0, 0.05) is 18.7 Å². The molecule has 2 aromatic rings. The third-order valence-electron chi connectivity index (χ3n) is 5.67. The van der Waals surface area contributed by atoms with Crippen LogP contribution in [-0.4, -0.2) is 46.0 Å². The van der Waals surface area contributed by atoms with E-state index in [1.807, 2.05) is 11.0 Å². The standard InChI is InChI=1S/C24H30N2O4S/c1-4-15-26(21-12-11-19-7-5-6-8-20(19)17-21)24(27)14-10-18-9-13-22(30-3)23(16-18)31(28,29)25-2/h5-10,13-14,16,21,25H,4,11-12,15,17H2,1-3H3. The maximum absolute atomic E-state index is 13.1. The summed E-state index contributed by atoms with van der Waals surface area (Å²) in [6.45, 7) is 2.76. The van der Waals surface area contributed by atoms with Crippen molar-refractivity contribution in [1.29, 1.82) is 0 Å². The van der Waals surface area contributed by atoms with Gasteiger partial charge in [0.25, 0.3) is 0 Å². The van der Waals surface area contributed by atoms with Crippen LogP contribution >= 0.6 is 0 Å². The van der Waals surface area contributed by atoms with Crippen LogP contribution in [0.25, 0.3) is 6.08 Å². The third-order valence-corrected chi connectivity index (χ3v) is 7.11. The Bertz CT molecular complexity index is 1060. The second-order valence-electron chi connectivity index (χ2n) is 7.65. The first-order valence-corrected chi connectivity index (χ1v) is 12.0. The van der Waals surface area contributed by atoms with Crippen molar-refractivity contribution in [1.82, 2.24) is 9.62 Å². The highest BCUT2D eigenvalue weighted by atomic mass is 32.2. The Labute approximate surface area is 185 Å². The topological polar surface area (TPSA) is 75.7 Å². The van der Waals surface area contributed by atoms with Gasteiger partial charge in [-0.3, -0.25) is 4.79 Å². The van der Waals surface area contributed by atoms with Crippen molar-refractivity contribution in [3.05, 3.63) is 65.2 Å². The number of fused-ring (bicyclic) bond motifs is 1. The van der Waals surface area contributed by atoms with Crippen LogP contribution < -0.4 is 9.46 Å². The number of aryl methyl sites for hydroxylation is 1. The molecule has 7 heteroatoms. The molecule has 31 heavy (non-hydrogen) atoms. The van der Waals surface area contributed by atoms with E-state index in [1.165, 1.54) is 37.4 Å². The molecule has 6 nitrogen and oxygen atoms in total. The average Bonchev–Trinajstić information content (AvgIpc) is 2.80. The first kappa shape index (κ1) is 23.0. The lowest BCUT2D eigenvalue weighted by atomic mass is 9.87. The van der Waals surface area contributed by atoms with Gasteiger partial charge in [-0.05, 0) is 67.6 Å². The highest BCUT2D eigenvalue weighted by Gasteiger charge is 2.26. The summed E-state index contributed by atoms with van der Waals surface area (Å²) >= 11 is 0. The van der Waals surface area contributed by atoms with Gasteiger partial charge in [0.15, 0.2) is 0 Å². The Hall–Kier alpha value is -2.64. The molecule has 0 fully saturated rings. The number of rotatable bonds is 8. The first-order valence-electron chi connectivity index (χ1n) is 10.6. The fourth-order valence-electron chi connectivity index (χ4n) is 4.04. The van der Waals surface area contributed by atoms with Gasteiger partial charge in [-0.2, -0.15) is 0 Å². The monoisotopic (exact) mass is 442 g/mol. The zero-order valence-corrected chi connectivity index (χ0v) is 19.1. The number of carbonyl (C=O) groups is 1. The number of amides is 1. The molecule has 166 valence electrons. The molecule has 0 aliphatic heterocycles. The van der Waals surface area contributed by atoms with Crippen LogP contribution in [0.5, 0.6) is 5.75 Å². The smallest absolute Gasteiger partial charge is 0.246 e. The van der Waals surface area contributed by atoms with Crippen LogP contribution in [0.15, 0.2) is 53.4 Å². The molecule has 0 saturated heterocycles. The van der Waals surface area contributed by atoms with Crippen molar-refractivity contribution < 1.29 is 17.9 Å². The second-order valence-corrected chi connectivity index (χ2v) is 9.50. The minimum absolute atomic E-state index is 0.0430. The van der Waals surface area contributed by atoms with Gasteiger partial charge in [-0.1, -0.05) is 37.3 Å². The highest BCUT2D eigenvalue weighted by molar-refractivity contribution is 7.89. The number of carbonyl (C=O) groups excluding carboxylic acids is 1. The number of hydrogen-bond acceptors (Lipinski definition) is 4. The molecule has 2 aromatic carbocycles. The molecule has 1 atom stereocenters. The maximum Gasteiger partial charge on any atom is 0.246 e. The molecule has 0 radical (unpaired) electrons. The van der Waals surface area contributed by atoms with Crippen molar-refractivity contribution in [2.24, 2.45) is 0 Å². The van der Waals surface area contributed by atoms with Crippen LogP contribution in [-0.2, 0) is 27.7 Å². The van der Waals surface area contributed by atoms with Crippen molar-refractivity contribution in [2.45, 2.75) is 43.5 Å². The first-order chi connectivity index (χ1) is 14.9. The molecule has 3 rings (SSSR count). The van der Waals surface area contributed by atoms with Gasteiger partial charge in [0.05, 0.1) is 7.11 Å². The lowest BCUT2D eigenvalue weighted by molar-refractivity contribution is -0.128. The number of nitrogens with one attached hydrogen (secondary N) is 1. The molecule has 0 spiro atoms. The van der Waals surface area contributed by atoms with E-state index in [0.717, 1.165) is 25.7 Å². The van der Waals surface area contributed by atoms with E-state index >= 15 is 0 Å². The summed E-state index contributed by atoms with van der Waals surface area (Å²) in [4.78, 5) is 15.1. The maximum atomic E-state index is 13.1. The molecule has 1 N–H and O–H groups in total. The van der Waals surface area contributed by atoms with Gasteiger partial charge in [0.1, 0.15) is 10.6 Å². The normalized spacial score (nSPS) is 16.2. The highest BCUT2D eigenvalue weighted by Crippen LogP contribution is 2.27. The number of ether oxygens (including phenoxy) is 1. The van der Waals surface area contributed by atoms with E-state index in [4.69, 9.17) is 4.74 Å². The quantitative estimate of drug-likeness (QED) is 0.636. The number of sulfonamides is 1. The Morgan fingerprint density at radius 1 is 1.23 bits per heavy atom. The van der Waals surface area contributed by atoms with Crippen LogP contribution in [0.4, 0.5) is 0 Å². The summed E-state index contributed by atoms with van der Waals surface area (Å²) in [7, 11) is -0.899. The number of methoxy groups -OCH3 is 1. The lowest BCUT2D eigenvalue weighted by Gasteiger charge is -2.34. The zero-order valence-electron chi connectivity index (χ0n) is 18.3. The fraction of sp³-hybridized carbons (Fsp3) is 0.375. The Kier molecular flexibility index (Phi) is 7.51. The summed E-state index contributed by atoms with van der Waals surface area (Å²) < 4.78 is 32.0. The molecule has 0 bridgehead atoms. The molecule has 0 heterocycles. The molecule has 0 saturated carbocycles. The van der Waals surface area contributed by atoms with E-state index in [1.54, 1.807) is 18.2 Å². The Morgan fingerprint density at radius 2 is 1.97 bits per heavy atom. The minimum atomic E-state index is -3.68. The van der Waals surface area contributed by atoms with Gasteiger partial charge < -0.3 is 9.64 Å². The summed E-state index contributed by atoms with van der Waals surface area (Å²) in [6, 6.07) is 13.4. The number of hydrogen-bond donors (Lipinski definition) is 1. The molecular weight excluding hydrogens is 412 g/mol. The van der Waals surface area contributed by atoms with Gasteiger partial charge in [-0.15, -0.1) is 0 Å². The molecule has 1 aliphatic carbocycles. The summed E-state index contributed by atoms with van der Waals surface area (Å²) in [5.74, 6) is 0.200. The zero-order chi connectivity index (χ0) is 22.4. The second kappa shape index (κ2) is 10.1. The predicted molar refractivity (Wildman–Crippen MR) is 123 cm³/mol. The molecule has 1 aliphatic rings. The van der Waals surface area contributed by atoms with Crippen molar-refractivity contribution >= 4 is 22.0 Å². The minimum Gasteiger partial charge on any atom is -0.495 e. The van der Waals surface area contributed by atoms with Gasteiger partial charge in [0.2, 0.25) is 15.9 Å². The Balaban J connectivity index is 1.81. The van der Waals surface area contributed by atoms with Gasteiger partial charge in [-0.25, -0.2) is 13.1 Å². The van der Waals surface area contributed by atoms with E-state index in [9.17, 15) is 13.2 Å². The lowest BCUT2D eigenvalue weighted by Crippen LogP contribution is -2.43. The van der Waals surface area contributed by atoms with Crippen LogP contribution in [0.2, 0.25) is 0 Å². The summed E-state index contributed by atoms with van der Waals surface area (Å²) in [6.07, 6.45) is 6.86. The van der Waals surface area contributed by atoms with Crippen LogP contribution in [0.1, 0.15) is 36.5 Å². The van der Waals surface area contributed by atoms with Crippen molar-refractivity contribution in [3.8, 4) is 5.75 Å². The Morgan fingerprint density at radius 3 is 2.65 bits per heavy atom. The molecule has 1 unspecified atom stereocenters. The van der Waals surface area contributed by atoms with E-state index in [-0.39, 0.29) is 22.6 Å². The van der Waals surface area contributed by atoms with Crippen molar-refractivity contribution in [2.75, 3.05) is 20.7 Å². The van der Waals surface area contributed by atoms with E-state index < -0.39 is 10.0 Å². The predicted octanol–water partition coefficient (Wildman–Crippen LogP) is 3.41. The molecule has 0 aromatic heterocycles. The van der Waals surface area contributed by atoms with Crippen molar-refractivity contribution in [3.63, 3.8) is 0 Å². The summed E-state index contributed by atoms with van der Waals surface area (Å²) in [5, 5.41) is 0. The van der Waals surface area contributed by atoms with E-state index in [0.29, 0.717) is 12.1 Å². The SMILES string of the molecule is CCCN(C(=O)C=Cc1ccc(OC)c(S(=O)(=O)NC)c1)C1CCc2ccccc2C1. The largest absolute Gasteiger partial charge is 0.495 e. The fourth-order valence-corrected chi connectivity index (χ4v) is 4.97. The van der Waals surface area contributed by atoms with Crippen LogP contribution in [0.3, 0.4) is 0 Å². The van der Waals surface area contributed by atoms with E-state index in [2.05, 4.69) is 29.8 Å². The molecular formula is C24H30N2O4S. The van der Waals surface area contributed by atoms with Gasteiger partial charge >= 0.3 is 0 Å². The molecule has 1 amide bonds. The third kappa shape index (κ3) is 5.35. The summed E-state index contributed by atoms with van der Waals surface area (Å²) in [5.41, 5.74) is 3.30. The van der Waals surface area contributed by atoms with Crippen LogP contribution in [0, 0.1) is 0 Å². The number of benzene rings is 2.